The molecule has 0 aliphatic carbocycles. The molecule has 0 saturated heterocycles. The van der Waals surface area contributed by atoms with Crippen molar-refractivity contribution in [1.29, 1.82) is 0 Å². The van der Waals surface area contributed by atoms with Gasteiger partial charge in [-0.25, -0.2) is 4.79 Å². The summed E-state index contributed by atoms with van der Waals surface area (Å²) in [4.78, 5) is 28.1. The van der Waals surface area contributed by atoms with Gasteiger partial charge in [-0.2, -0.15) is 0 Å². The molecule has 0 aliphatic rings. The van der Waals surface area contributed by atoms with Crippen LogP contribution in [-0.2, 0) is 9.36 Å². The maximum absolute atomic E-state index is 10.8. The first-order chi connectivity index (χ1) is 6.91. The number of hydrogen-bond acceptors (Lipinski definition) is 2. The average Bonchev–Trinajstić information content (AvgIpc) is 2.13. The highest BCUT2D eigenvalue weighted by Gasteiger charge is 2.27. The summed E-state index contributed by atoms with van der Waals surface area (Å²) in [6.07, 6.45) is 0.961. The fraction of sp³-hybridized carbons (Fsp3) is 0. The SMILES string of the molecule is O=C(O)C(=Cc1ccccc1)P(=O)(O)O. The largest absolute Gasteiger partial charge is 0.477 e. The second kappa shape index (κ2) is 4.40. The van der Waals surface area contributed by atoms with E-state index in [0.717, 1.165) is 6.08 Å². The van der Waals surface area contributed by atoms with E-state index in [2.05, 4.69) is 0 Å². The van der Waals surface area contributed by atoms with Crippen LogP contribution in [0.1, 0.15) is 5.56 Å². The normalized spacial score (nSPS) is 12.5. The summed E-state index contributed by atoms with van der Waals surface area (Å²) >= 11 is 0. The zero-order chi connectivity index (χ0) is 11.5. The number of carboxylic acids is 1. The first-order valence-corrected chi connectivity index (χ1v) is 5.58. The molecule has 0 bridgehead atoms. The number of carbonyl (C=O) groups is 1. The van der Waals surface area contributed by atoms with Crippen molar-refractivity contribution in [3.8, 4) is 0 Å². The molecule has 0 amide bonds. The third-order valence-electron chi connectivity index (χ3n) is 1.64. The van der Waals surface area contributed by atoms with Crippen molar-refractivity contribution in [1.82, 2.24) is 0 Å². The van der Waals surface area contributed by atoms with E-state index in [1.54, 1.807) is 30.3 Å². The molecular formula is C9H9O5P. The maximum atomic E-state index is 10.8. The van der Waals surface area contributed by atoms with Gasteiger partial charge in [0.25, 0.3) is 0 Å². The molecule has 1 aromatic carbocycles. The third-order valence-corrected chi connectivity index (χ3v) is 2.58. The van der Waals surface area contributed by atoms with Crippen LogP contribution in [0.25, 0.3) is 6.08 Å². The standard InChI is InChI=1S/C9H9O5P/c10-9(11)8(15(12,13)14)6-7-4-2-1-3-5-7/h1-6H,(H,10,11)(H2,12,13,14). The molecule has 0 atom stereocenters. The minimum absolute atomic E-state index is 0.429. The topological polar surface area (TPSA) is 94.8 Å². The van der Waals surface area contributed by atoms with Gasteiger partial charge < -0.3 is 14.9 Å². The molecule has 0 saturated carbocycles. The molecule has 80 valence electrons. The van der Waals surface area contributed by atoms with Crippen LogP contribution in [0.4, 0.5) is 0 Å². The van der Waals surface area contributed by atoms with E-state index < -0.39 is 18.9 Å². The Balaban J connectivity index is 3.18. The molecule has 3 N–H and O–H groups in total. The van der Waals surface area contributed by atoms with Crippen LogP contribution in [0.3, 0.4) is 0 Å². The van der Waals surface area contributed by atoms with Crippen LogP contribution in [0.5, 0.6) is 0 Å². The van der Waals surface area contributed by atoms with Crippen LogP contribution < -0.4 is 0 Å². The predicted molar refractivity (Wildman–Crippen MR) is 54.1 cm³/mol. The Labute approximate surface area is 85.8 Å². The molecule has 0 heterocycles. The summed E-state index contributed by atoms with van der Waals surface area (Å²) in [5.41, 5.74) is 0.429. The summed E-state index contributed by atoms with van der Waals surface area (Å²) in [7, 11) is -4.74. The summed E-state index contributed by atoms with van der Waals surface area (Å²) in [5.74, 6) is -1.62. The maximum Gasteiger partial charge on any atom is 0.363 e. The van der Waals surface area contributed by atoms with Crippen molar-refractivity contribution in [3.63, 3.8) is 0 Å². The Morgan fingerprint density at radius 3 is 2.13 bits per heavy atom. The molecule has 0 aromatic heterocycles. The molecule has 1 rings (SSSR count). The van der Waals surface area contributed by atoms with E-state index in [9.17, 15) is 9.36 Å². The number of aliphatic carboxylic acids is 1. The van der Waals surface area contributed by atoms with E-state index in [0.29, 0.717) is 5.56 Å². The first-order valence-electron chi connectivity index (χ1n) is 3.97. The molecule has 0 unspecified atom stereocenters. The van der Waals surface area contributed by atoms with Gasteiger partial charge in [0.05, 0.1) is 0 Å². The number of rotatable bonds is 3. The first kappa shape index (κ1) is 11.7. The number of benzene rings is 1. The van der Waals surface area contributed by atoms with E-state index in [1.165, 1.54) is 0 Å². The van der Waals surface area contributed by atoms with Gasteiger partial charge in [-0.05, 0) is 11.6 Å². The fourth-order valence-electron chi connectivity index (χ4n) is 0.978. The summed E-state index contributed by atoms with van der Waals surface area (Å²) in [6, 6.07) is 8.11. The van der Waals surface area contributed by atoms with Crippen molar-refractivity contribution in [2.75, 3.05) is 0 Å². The monoisotopic (exact) mass is 228 g/mol. The van der Waals surface area contributed by atoms with Crippen molar-refractivity contribution in [2.24, 2.45) is 0 Å². The highest BCUT2D eigenvalue weighted by Crippen LogP contribution is 2.45. The Morgan fingerprint density at radius 1 is 1.20 bits per heavy atom. The fourth-order valence-corrected chi connectivity index (χ4v) is 1.54. The lowest BCUT2D eigenvalue weighted by atomic mass is 10.2. The van der Waals surface area contributed by atoms with E-state index in [4.69, 9.17) is 14.9 Å². The lowest BCUT2D eigenvalue weighted by molar-refractivity contribution is -0.131. The zero-order valence-corrected chi connectivity index (χ0v) is 8.46. The molecule has 6 heteroatoms. The smallest absolute Gasteiger partial charge is 0.363 e. The molecule has 5 nitrogen and oxygen atoms in total. The van der Waals surface area contributed by atoms with Crippen molar-refractivity contribution < 1.29 is 24.3 Å². The Hall–Kier alpha value is -1.42. The lowest BCUT2D eigenvalue weighted by Crippen LogP contribution is -2.00. The second-order valence-electron chi connectivity index (χ2n) is 2.79. The van der Waals surface area contributed by atoms with Crippen LogP contribution in [0.15, 0.2) is 35.6 Å². The van der Waals surface area contributed by atoms with Crippen LogP contribution in [0.2, 0.25) is 0 Å². The highest BCUT2D eigenvalue weighted by atomic mass is 31.2. The number of hydrogen-bond donors (Lipinski definition) is 3. The number of carboxylic acid groups (broad SMARTS) is 1. The van der Waals surface area contributed by atoms with Gasteiger partial charge in [-0.15, -0.1) is 0 Å². The lowest BCUT2D eigenvalue weighted by Gasteiger charge is -2.04. The second-order valence-corrected chi connectivity index (χ2v) is 4.36. The van der Waals surface area contributed by atoms with Crippen LogP contribution >= 0.6 is 7.60 Å². The summed E-state index contributed by atoms with van der Waals surface area (Å²) in [6.45, 7) is 0. The van der Waals surface area contributed by atoms with Gasteiger partial charge in [0.15, 0.2) is 0 Å². The van der Waals surface area contributed by atoms with Crippen LogP contribution in [0, 0.1) is 0 Å². The van der Waals surface area contributed by atoms with Gasteiger partial charge in [-0.1, -0.05) is 30.3 Å². The molecule has 0 fully saturated rings. The molecular weight excluding hydrogens is 219 g/mol. The van der Waals surface area contributed by atoms with Crippen molar-refractivity contribution in [3.05, 3.63) is 41.2 Å². The molecule has 1 aromatic rings. The van der Waals surface area contributed by atoms with Gasteiger partial charge in [-0.3, -0.25) is 4.57 Å². The van der Waals surface area contributed by atoms with E-state index in [-0.39, 0.29) is 0 Å². The van der Waals surface area contributed by atoms with Crippen molar-refractivity contribution >= 4 is 19.6 Å². The summed E-state index contributed by atoms with van der Waals surface area (Å²) in [5, 5.41) is 7.70. The zero-order valence-electron chi connectivity index (χ0n) is 7.57. The molecule has 0 radical (unpaired) electrons. The van der Waals surface area contributed by atoms with E-state index >= 15 is 0 Å². The van der Waals surface area contributed by atoms with Gasteiger partial charge in [0.1, 0.15) is 5.31 Å². The quantitative estimate of drug-likeness (QED) is 0.535. The van der Waals surface area contributed by atoms with Crippen LogP contribution in [-0.4, -0.2) is 20.9 Å². The highest BCUT2D eigenvalue weighted by molar-refractivity contribution is 7.58. The van der Waals surface area contributed by atoms with Gasteiger partial charge >= 0.3 is 13.6 Å². The average molecular weight is 228 g/mol. The minimum Gasteiger partial charge on any atom is -0.477 e. The Morgan fingerprint density at radius 2 is 1.73 bits per heavy atom. The van der Waals surface area contributed by atoms with Gasteiger partial charge in [0, 0.05) is 0 Å². The van der Waals surface area contributed by atoms with Gasteiger partial charge in [0.2, 0.25) is 0 Å². The predicted octanol–water partition coefficient (Wildman–Crippen LogP) is 1.29. The Bertz CT molecular complexity index is 431. The van der Waals surface area contributed by atoms with E-state index in [1.807, 2.05) is 0 Å². The molecule has 0 spiro atoms. The molecule has 0 aliphatic heterocycles. The Kier molecular flexibility index (Phi) is 3.42. The molecule has 15 heavy (non-hydrogen) atoms. The third kappa shape index (κ3) is 3.32. The minimum atomic E-state index is -4.74. The summed E-state index contributed by atoms with van der Waals surface area (Å²) < 4.78 is 10.8. The van der Waals surface area contributed by atoms with Crippen molar-refractivity contribution in [2.45, 2.75) is 0 Å².